The van der Waals surface area contributed by atoms with Gasteiger partial charge in [-0.25, -0.2) is 4.79 Å². The Balaban J connectivity index is 2.34. The molecule has 1 atom stereocenters. The number of esters is 1. The van der Waals surface area contributed by atoms with Gasteiger partial charge in [0.2, 0.25) is 5.91 Å². The molecule has 2 rings (SSSR count). The Labute approximate surface area is 161 Å². The van der Waals surface area contributed by atoms with E-state index >= 15 is 0 Å². The lowest BCUT2D eigenvalue weighted by molar-refractivity contribution is -0.141. The second-order valence-corrected chi connectivity index (χ2v) is 6.70. The summed E-state index contributed by atoms with van der Waals surface area (Å²) in [4.78, 5) is 35.9. The van der Waals surface area contributed by atoms with Crippen molar-refractivity contribution in [3.8, 4) is 0 Å². The molecule has 0 saturated carbocycles. The Morgan fingerprint density at radius 3 is 2.46 bits per heavy atom. The first-order valence-electron chi connectivity index (χ1n) is 8.12. The third-order valence-electron chi connectivity index (χ3n) is 4.26. The van der Waals surface area contributed by atoms with Crippen molar-refractivity contribution in [3.05, 3.63) is 45.0 Å². The lowest BCUT2D eigenvalue weighted by Crippen LogP contribution is -2.33. The van der Waals surface area contributed by atoms with E-state index in [1.165, 1.54) is 7.11 Å². The zero-order chi connectivity index (χ0) is 19.3. The molecule has 6 nitrogen and oxygen atoms in total. The first-order chi connectivity index (χ1) is 12.3. The van der Waals surface area contributed by atoms with Crippen molar-refractivity contribution < 1.29 is 24.2 Å². The number of carbonyl (C=O) groups is 3. The molecule has 8 heteroatoms. The molecule has 0 spiro atoms. The summed E-state index contributed by atoms with van der Waals surface area (Å²) in [5.41, 5.74) is 0.811. The Hall–Kier alpha value is -2.05. The van der Waals surface area contributed by atoms with Crippen molar-refractivity contribution in [3.63, 3.8) is 0 Å². The lowest BCUT2D eigenvalue weighted by atomic mass is 9.90. The van der Waals surface area contributed by atoms with Gasteiger partial charge in [0.15, 0.2) is 0 Å². The van der Waals surface area contributed by atoms with E-state index in [9.17, 15) is 19.5 Å². The van der Waals surface area contributed by atoms with Crippen molar-refractivity contribution in [2.45, 2.75) is 38.1 Å². The fourth-order valence-corrected chi connectivity index (χ4v) is 3.36. The van der Waals surface area contributed by atoms with E-state index in [1.807, 2.05) is 0 Å². The molecule has 1 aliphatic carbocycles. The van der Waals surface area contributed by atoms with E-state index in [0.29, 0.717) is 18.4 Å². The number of carbonyl (C=O) groups excluding carboxylic acids is 2. The number of aliphatic carboxylic acids is 1. The van der Waals surface area contributed by atoms with Crippen molar-refractivity contribution in [2.24, 2.45) is 0 Å². The van der Waals surface area contributed by atoms with E-state index in [1.54, 1.807) is 18.2 Å². The topological polar surface area (TPSA) is 92.7 Å². The molecule has 0 radical (unpaired) electrons. The fourth-order valence-electron chi connectivity index (χ4n) is 2.92. The second-order valence-electron chi connectivity index (χ2n) is 5.92. The van der Waals surface area contributed by atoms with Crippen LogP contribution in [0.4, 0.5) is 0 Å². The van der Waals surface area contributed by atoms with Crippen LogP contribution in [0.2, 0.25) is 10.0 Å². The first-order valence-corrected chi connectivity index (χ1v) is 8.87. The Morgan fingerprint density at radius 2 is 1.85 bits per heavy atom. The van der Waals surface area contributed by atoms with Gasteiger partial charge in [0, 0.05) is 11.1 Å². The van der Waals surface area contributed by atoms with Gasteiger partial charge in [-0.05, 0) is 37.3 Å². The second kappa shape index (κ2) is 9.05. The zero-order valence-corrected chi connectivity index (χ0v) is 15.7. The van der Waals surface area contributed by atoms with Gasteiger partial charge in [-0.1, -0.05) is 35.3 Å². The highest BCUT2D eigenvalue weighted by molar-refractivity contribution is 6.42. The molecule has 1 aromatic rings. The molecule has 26 heavy (non-hydrogen) atoms. The smallest absolute Gasteiger partial charge is 0.332 e. The molecule has 0 unspecified atom stereocenters. The largest absolute Gasteiger partial charge is 0.478 e. The number of hydrogen-bond donors (Lipinski definition) is 2. The molecule has 140 valence electrons. The van der Waals surface area contributed by atoms with E-state index in [4.69, 9.17) is 23.2 Å². The Kier molecular flexibility index (Phi) is 7.06. The van der Waals surface area contributed by atoms with Gasteiger partial charge in [-0.2, -0.15) is 0 Å². The molecule has 0 heterocycles. The molecular weight excluding hydrogens is 381 g/mol. The number of nitrogens with one attached hydrogen (secondary N) is 1. The van der Waals surface area contributed by atoms with E-state index in [-0.39, 0.29) is 27.6 Å². The summed E-state index contributed by atoms with van der Waals surface area (Å²) < 4.78 is 4.69. The van der Waals surface area contributed by atoms with Gasteiger partial charge in [0.1, 0.15) is 0 Å². The number of carboxylic acids is 1. The molecule has 2 N–H and O–H groups in total. The zero-order valence-electron chi connectivity index (χ0n) is 14.2. The van der Waals surface area contributed by atoms with Gasteiger partial charge in [-0.3, -0.25) is 9.59 Å². The maximum atomic E-state index is 12.7. The Morgan fingerprint density at radius 1 is 1.19 bits per heavy atom. The predicted molar refractivity (Wildman–Crippen MR) is 97.1 cm³/mol. The highest BCUT2D eigenvalue weighted by atomic mass is 35.5. The van der Waals surface area contributed by atoms with Crippen LogP contribution >= 0.6 is 23.2 Å². The summed E-state index contributed by atoms with van der Waals surface area (Å²) in [5, 5.41) is 12.5. The first kappa shape index (κ1) is 20.3. The quantitative estimate of drug-likeness (QED) is 0.711. The highest BCUT2D eigenvalue weighted by Gasteiger charge is 2.27. The maximum Gasteiger partial charge on any atom is 0.332 e. The number of methoxy groups -OCH3 is 1. The number of amides is 1. The average molecular weight is 400 g/mol. The minimum Gasteiger partial charge on any atom is -0.478 e. The van der Waals surface area contributed by atoms with Crippen LogP contribution in [0, 0.1) is 0 Å². The highest BCUT2D eigenvalue weighted by Crippen LogP contribution is 2.32. The monoisotopic (exact) mass is 399 g/mol. The van der Waals surface area contributed by atoms with Crippen molar-refractivity contribution in [1.82, 2.24) is 5.32 Å². The molecule has 0 bridgehead atoms. The van der Waals surface area contributed by atoms with Crippen LogP contribution in [-0.4, -0.2) is 30.1 Å². The van der Waals surface area contributed by atoms with Crippen LogP contribution in [-0.2, 0) is 19.1 Å². The maximum absolute atomic E-state index is 12.7. The normalized spacial score (nSPS) is 15.3. The molecule has 1 amide bonds. The van der Waals surface area contributed by atoms with E-state index < -0.39 is 23.9 Å². The molecular formula is C18H19Cl2NO5. The summed E-state index contributed by atoms with van der Waals surface area (Å²) in [7, 11) is 1.24. The van der Waals surface area contributed by atoms with Crippen molar-refractivity contribution in [2.75, 3.05) is 7.11 Å². The van der Waals surface area contributed by atoms with Crippen molar-refractivity contribution >= 4 is 41.0 Å². The summed E-state index contributed by atoms with van der Waals surface area (Å²) in [6.45, 7) is 0. The van der Waals surface area contributed by atoms with Crippen LogP contribution in [0.3, 0.4) is 0 Å². The van der Waals surface area contributed by atoms with Crippen LogP contribution in [0.15, 0.2) is 29.3 Å². The number of hydrogen-bond acceptors (Lipinski definition) is 4. The fraction of sp³-hybridized carbons (Fsp3) is 0.389. The number of ether oxygens (including phenoxy) is 1. The van der Waals surface area contributed by atoms with Crippen LogP contribution < -0.4 is 5.32 Å². The molecule has 1 aliphatic rings. The molecule has 0 fully saturated rings. The SMILES string of the molecule is COC(=O)C[C@@H](NC(=O)C1=C(C(=O)O)CCCC1)c1cccc(Cl)c1Cl. The van der Waals surface area contributed by atoms with E-state index in [2.05, 4.69) is 10.1 Å². The van der Waals surface area contributed by atoms with Gasteiger partial charge in [0.25, 0.3) is 0 Å². The third kappa shape index (κ3) is 4.77. The standard InChI is InChI=1S/C18H19Cl2NO5/c1-26-15(22)9-14(12-7-4-8-13(19)16(12)20)21-17(23)10-5-2-3-6-11(10)18(24)25/h4,7-8,14H,2-3,5-6,9H2,1H3,(H,21,23)(H,24,25)/t14-/m1/s1. The molecule has 1 aromatic carbocycles. The Bertz CT molecular complexity index is 760. The van der Waals surface area contributed by atoms with Crippen molar-refractivity contribution in [1.29, 1.82) is 0 Å². The molecule has 0 aliphatic heterocycles. The minimum absolute atomic E-state index is 0.114. The molecule has 0 saturated heterocycles. The van der Waals surface area contributed by atoms with Gasteiger partial charge < -0.3 is 15.2 Å². The van der Waals surface area contributed by atoms with Gasteiger partial charge >= 0.3 is 11.9 Å². The minimum atomic E-state index is -1.10. The summed E-state index contributed by atoms with van der Waals surface area (Å²) in [6.07, 6.45) is 2.03. The van der Waals surface area contributed by atoms with Crippen LogP contribution in [0.1, 0.15) is 43.7 Å². The number of carboxylic acid groups (broad SMARTS) is 1. The third-order valence-corrected chi connectivity index (χ3v) is 5.09. The van der Waals surface area contributed by atoms with Gasteiger partial charge in [0.05, 0.1) is 29.6 Å². The van der Waals surface area contributed by atoms with Gasteiger partial charge in [-0.15, -0.1) is 0 Å². The number of halogens is 2. The van der Waals surface area contributed by atoms with Crippen LogP contribution in [0.25, 0.3) is 0 Å². The summed E-state index contributed by atoms with van der Waals surface area (Å²) in [6, 6.07) is 4.11. The van der Waals surface area contributed by atoms with Crippen LogP contribution in [0.5, 0.6) is 0 Å². The molecule has 0 aromatic heterocycles. The number of benzene rings is 1. The van der Waals surface area contributed by atoms with E-state index in [0.717, 1.165) is 12.8 Å². The predicted octanol–water partition coefficient (Wildman–Crippen LogP) is 3.67. The summed E-state index contributed by atoms with van der Waals surface area (Å²) >= 11 is 12.3. The number of rotatable bonds is 6. The lowest BCUT2D eigenvalue weighted by Gasteiger charge is -2.23. The average Bonchev–Trinajstić information content (AvgIpc) is 2.63. The summed E-state index contributed by atoms with van der Waals surface area (Å²) in [5.74, 6) is -2.16.